The molecule has 0 bridgehead atoms. The highest BCUT2D eigenvalue weighted by Gasteiger charge is 2.04. The van der Waals surface area contributed by atoms with Crippen molar-refractivity contribution in [1.82, 2.24) is 9.78 Å². The summed E-state index contributed by atoms with van der Waals surface area (Å²) in [4.78, 5) is 0. The fourth-order valence-electron chi connectivity index (χ4n) is 1.94. The molecule has 0 fully saturated rings. The fourth-order valence-corrected chi connectivity index (χ4v) is 1.94. The first-order valence-electron chi connectivity index (χ1n) is 5.97. The smallest absolute Gasteiger partial charge is 0.0715 e. The van der Waals surface area contributed by atoms with Gasteiger partial charge in [0.05, 0.1) is 12.8 Å². The van der Waals surface area contributed by atoms with Crippen LogP contribution in [0.15, 0.2) is 36.5 Å². The predicted octanol–water partition coefficient (Wildman–Crippen LogP) is 2.32. The Bertz CT molecular complexity index is 462. The first-order chi connectivity index (χ1) is 8.31. The molecular formula is C14H18N2O. The summed E-state index contributed by atoms with van der Waals surface area (Å²) < 4.78 is 1.97. The van der Waals surface area contributed by atoms with E-state index in [9.17, 15) is 0 Å². The molecular weight excluding hydrogens is 212 g/mol. The summed E-state index contributed by atoms with van der Waals surface area (Å²) in [5.41, 5.74) is 3.35. The molecule has 0 aliphatic heterocycles. The molecule has 0 aliphatic rings. The van der Waals surface area contributed by atoms with E-state index in [1.54, 1.807) is 6.20 Å². The van der Waals surface area contributed by atoms with Crippen molar-refractivity contribution in [3.63, 3.8) is 0 Å². The first kappa shape index (κ1) is 11.9. The summed E-state index contributed by atoms with van der Waals surface area (Å²) in [5.74, 6) is 0. The zero-order chi connectivity index (χ0) is 12.1. The van der Waals surface area contributed by atoms with E-state index >= 15 is 0 Å². The van der Waals surface area contributed by atoms with Gasteiger partial charge in [-0.3, -0.25) is 4.68 Å². The topological polar surface area (TPSA) is 38.1 Å². The number of aromatic nitrogens is 2. The molecule has 17 heavy (non-hydrogen) atoms. The molecule has 1 aromatic heterocycles. The lowest BCUT2D eigenvalue weighted by atomic mass is 10.1. The molecule has 90 valence electrons. The Kier molecular flexibility index (Phi) is 3.94. The summed E-state index contributed by atoms with van der Waals surface area (Å²) in [7, 11) is 0. The minimum absolute atomic E-state index is 0.0739. The lowest BCUT2D eigenvalue weighted by molar-refractivity contribution is 0.280. The molecule has 0 aliphatic carbocycles. The SMILES string of the molecule is Cc1c(CO)cnn1CCCc1ccccc1. The van der Waals surface area contributed by atoms with Crippen molar-refractivity contribution in [2.24, 2.45) is 0 Å². The van der Waals surface area contributed by atoms with E-state index in [-0.39, 0.29) is 6.61 Å². The molecule has 1 N–H and O–H groups in total. The Morgan fingerprint density at radius 1 is 1.24 bits per heavy atom. The van der Waals surface area contributed by atoms with Crippen LogP contribution in [0, 0.1) is 6.92 Å². The standard InChI is InChI=1S/C14H18N2O/c1-12-14(11-17)10-15-16(12)9-5-8-13-6-3-2-4-7-13/h2-4,6-7,10,17H,5,8-9,11H2,1H3. The van der Waals surface area contributed by atoms with E-state index in [1.807, 2.05) is 17.7 Å². The highest BCUT2D eigenvalue weighted by atomic mass is 16.3. The molecule has 2 aromatic rings. The number of nitrogens with zero attached hydrogens (tertiary/aromatic N) is 2. The van der Waals surface area contributed by atoms with Gasteiger partial charge in [-0.1, -0.05) is 30.3 Å². The number of aliphatic hydroxyl groups is 1. The van der Waals surface area contributed by atoms with E-state index in [4.69, 9.17) is 5.11 Å². The lowest BCUT2D eigenvalue weighted by Gasteiger charge is -2.05. The van der Waals surface area contributed by atoms with Crippen LogP contribution >= 0.6 is 0 Å². The summed E-state index contributed by atoms with van der Waals surface area (Å²) in [6.07, 6.45) is 3.88. The number of rotatable bonds is 5. The van der Waals surface area contributed by atoms with Gasteiger partial charge in [-0.2, -0.15) is 5.10 Å². The van der Waals surface area contributed by atoms with Crippen molar-refractivity contribution < 1.29 is 5.11 Å². The van der Waals surface area contributed by atoms with Crippen LogP contribution < -0.4 is 0 Å². The number of hydrogen-bond acceptors (Lipinski definition) is 2. The van der Waals surface area contributed by atoms with Crippen molar-refractivity contribution in [1.29, 1.82) is 0 Å². The zero-order valence-corrected chi connectivity index (χ0v) is 10.1. The molecule has 0 saturated carbocycles. The highest BCUT2D eigenvalue weighted by molar-refractivity contribution is 5.16. The second-order valence-corrected chi connectivity index (χ2v) is 4.23. The van der Waals surface area contributed by atoms with Crippen molar-refractivity contribution in [3.8, 4) is 0 Å². The fraction of sp³-hybridized carbons (Fsp3) is 0.357. The van der Waals surface area contributed by atoms with Gasteiger partial charge in [0, 0.05) is 17.8 Å². The van der Waals surface area contributed by atoms with E-state index in [0.29, 0.717) is 0 Å². The van der Waals surface area contributed by atoms with Crippen LogP contribution in [0.1, 0.15) is 23.2 Å². The van der Waals surface area contributed by atoms with Gasteiger partial charge in [-0.25, -0.2) is 0 Å². The number of aryl methyl sites for hydroxylation is 2. The van der Waals surface area contributed by atoms with Crippen LogP contribution in [0.25, 0.3) is 0 Å². The Labute approximate surface area is 102 Å². The third kappa shape index (κ3) is 2.94. The third-order valence-corrected chi connectivity index (χ3v) is 3.05. The third-order valence-electron chi connectivity index (χ3n) is 3.05. The first-order valence-corrected chi connectivity index (χ1v) is 5.97. The maximum atomic E-state index is 9.08. The van der Waals surface area contributed by atoms with E-state index in [2.05, 4.69) is 29.4 Å². The summed E-state index contributed by atoms with van der Waals surface area (Å²) in [6.45, 7) is 2.98. The molecule has 0 unspecified atom stereocenters. The van der Waals surface area contributed by atoms with Gasteiger partial charge in [0.25, 0.3) is 0 Å². The lowest BCUT2D eigenvalue weighted by Crippen LogP contribution is -2.04. The molecule has 3 nitrogen and oxygen atoms in total. The predicted molar refractivity (Wildman–Crippen MR) is 67.6 cm³/mol. The molecule has 1 aromatic carbocycles. The van der Waals surface area contributed by atoms with Gasteiger partial charge in [-0.05, 0) is 25.3 Å². The van der Waals surface area contributed by atoms with Gasteiger partial charge in [-0.15, -0.1) is 0 Å². The summed E-state index contributed by atoms with van der Waals surface area (Å²) in [5, 5.41) is 13.4. The Morgan fingerprint density at radius 2 is 2.00 bits per heavy atom. The van der Waals surface area contributed by atoms with Crippen LogP contribution in [0.3, 0.4) is 0 Å². The monoisotopic (exact) mass is 230 g/mol. The quantitative estimate of drug-likeness (QED) is 0.856. The van der Waals surface area contributed by atoms with E-state index < -0.39 is 0 Å². The van der Waals surface area contributed by atoms with Gasteiger partial charge in [0.15, 0.2) is 0 Å². The van der Waals surface area contributed by atoms with Gasteiger partial charge < -0.3 is 5.11 Å². The van der Waals surface area contributed by atoms with Crippen molar-refractivity contribution in [3.05, 3.63) is 53.3 Å². The van der Waals surface area contributed by atoms with Gasteiger partial charge >= 0.3 is 0 Å². The molecule has 3 heteroatoms. The second-order valence-electron chi connectivity index (χ2n) is 4.23. The highest BCUT2D eigenvalue weighted by Crippen LogP contribution is 2.09. The molecule has 0 radical (unpaired) electrons. The molecule has 0 atom stereocenters. The largest absolute Gasteiger partial charge is 0.392 e. The zero-order valence-electron chi connectivity index (χ0n) is 10.1. The molecule has 0 spiro atoms. The number of aliphatic hydroxyl groups excluding tert-OH is 1. The maximum Gasteiger partial charge on any atom is 0.0715 e. The van der Waals surface area contributed by atoms with Crippen molar-refractivity contribution >= 4 is 0 Å². The molecule has 1 heterocycles. The Morgan fingerprint density at radius 3 is 2.65 bits per heavy atom. The second kappa shape index (κ2) is 5.64. The van der Waals surface area contributed by atoms with Crippen molar-refractivity contribution in [2.75, 3.05) is 0 Å². The van der Waals surface area contributed by atoms with Crippen LogP contribution in [0.5, 0.6) is 0 Å². The molecule has 0 saturated heterocycles. The van der Waals surface area contributed by atoms with Crippen LogP contribution in [0.4, 0.5) is 0 Å². The molecule has 0 amide bonds. The number of benzene rings is 1. The molecule has 2 rings (SSSR count). The van der Waals surface area contributed by atoms with E-state index in [0.717, 1.165) is 30.6 Å². The normalized spacial score (nSPS) is 10.7. The Balaban J connectivity index is 1.88. The summed E-state index contributed by atoms with van der Waals surface area (Å²) in [6, 6.07) is 10.5. The van der Waals surface area contributed by atoms with Crippen molar-refractivity contribution in [2.45, 2.75) is 32.9 Å². The van der Waals surface area contributed by atoms with Gasteiger partial charge in [0.1, 0.15) is 0 Å². The summed E-state index contributed by atoms with van der Waals surface area (Å²) >= 11 is 0. The van der Waals surface area contributed by atoms with Crippen LogP contribution in [0.2, 0.25) is 0 Å². The van der Waals surface area contributed by atoms with E-state index in [1.165, 1.54) is 5.56 Å². The maximum absolute atomic E-state index is 9.08. The minimum Gasteiger partial charge on any atom is -0.392 e. The average molecular weight is 230 g/mol. The van der Waals surface area contributed by atoms with Crippen LogP contribution in [-0.2, 0) is 19.6 Å². The van der Waals surface area contributed by atoms with Crippen LogP contribution in [-0.4, -0.2) is 14.9 Å². The number of hydrogen-bond donors (Lipinski definition) is 1. The Hall–Kier alpha value is -1.61. The minimum atomic E-state index is 0.0739. The average Bonchev–Trinajstić information content (AvgIpc) is 2.72. The van der Waals surface area contributed by atoms with Gasteiger partial charge in [0.2, 0.25) is 0 Å².